The van der Waals surface area contributed by atoms with Crippen molar-refractivity contribution >= 4 is 16.6 Å². The first kappa shape index (κ1) is 14.3. The van der Waals surface area contributed by atoms with Crippen molar-refractivity contribution in [1.29, 1.82) is 0 Å². The van der Waals surface area contributed by atoms with Gasteiger partial charge in [0.05, 0.1) is 16.1 Å². The molecule has 1 heterocycles. The molecule has 2 rings (SSSR count). The SMILES string of the molecule is CCC(NC)C(C)c1ncnc2ccc([N+](=O)[O-])cc12. The number of nitro groups is 1. The van der Waals surface area contributed by atoms with Crippen LogP contribution >= 0.6 is 0 Å². The number of likely N-dealkylation sites (N-methyl/N-ethyl adjacent to an activating group) is 1. The molecule has 0 aliphatic heterocycles. The monoisotopic (exact) mass is 274 g/mol. The Kier molecular flexibility index (Phi) is 4.24. The van der Waals surface area contributed by atoms with Crippen LogP contribution in [0.2, 0.25) is 0 Å². The van der Waals surface area contributed by atoms with Crippen molar-refractivity contribution in [3.63, 3.8) is 0 Å². The van der Waals surface area contributed by atoms with Crippen molar-refractivity contribution in [2.45, 2.75) is 32.2 Å². The van der Waals surface area contributed by atoms with Crippen molar-refractivity contribution in [2.24, 2.45) is 0 Å². The van der Waals surface area contributed by atoms with Gasteiger partial charge in [0.2, 0.25) is 0 Å². The fraction of sp³-hybridized carbons (Fsp3) is 0.429. The molecule has 0 saturated heterocycles. The molecule has 0 amide bonds. The van der Waals surface area contributed by atoms with Crippen LogP contribution in [0, 0.1) is 10.1 Å². The normalized spacial score (nSPS) is 14.2. The van der Waals surface area contributed by atoms with Crippen molar-refractivity contribution in [3.8, 4) is 0 Å². The fourth-order valence-corrected chi connectivity index (χ4v) is 2.54. The molecule has 0 radical (unpaired) electrons. The van der Waals surface area contributed by atoms with Crippen LogP contribution in [0.3, 0.4) is 0 Å². The van der Waals surface area contributed by atoms with E-state index in [1.54, 1.807) is 12.1 Å². The third-order valence-electron chi connectivity index (χ3n) is 3.71. The van der Waals surface area contributed by atoms with Gasteiger partial charge in [-0.05, 0) is 19.5 Å². The summed E-state index contributed by atoms with van der Waals surface area (Å²) in [7, 11) is 1.91. The molecule has 1 aromatic carbocycles. The van der Waals surface area contributed by atoms with E-state index in [1.165, 1.54) is 12.4 Å². The van der Waals surface area contributed by atoms with Gasteiger partial charge in [-0.2, -0.15) is 0 Å². The van der Waals surface area contributed by atoms with E-state index in [1.807, 2.05) is 7.05 Å². The van der Waals surface area contributed by atoms with Crippen LogP contribution in [-0.2, 0) is 0 Å². The molecule has 106 valence electrons. The molecule has 0 fully saturated rings. The maximum absolute atomic E-state index is 10.9. The smallest absolute Gasteiger partial charge is 0.270 e. The summed E-state index contributed by atoms with van der Waals surface area (Å²) in [6, 6.07) is 4.97. The van der Waals surface area contributed by atoms with E-state index in [9.17, 15) is 10.1 Å². The summed E-state index contributed by atoms with van der Waals surface area (Å²) < 4.78 is 0. The lowest BCUT2D eigenvalue weighted by atomic mass is 9.93. The van der Waals surface area contributed by atoms with Crippen LogP contribution in [0.5, 0.6) is 0 Å². The summed E-state index contributed by atoms with van der Waals surface area (Å²) in [6.07, 6.45) is 2.47. The molecule has 1 N–H and O–H groups in total. The van der Waals surface area contributed by atoms with E-state index in [4.69, 9.17) is 0 Å². The van der Waals surface area contributed by atoms with Gasteiger partial charge in [0.1, 0.15) is 6.33 Å². The summed E-state index contributed by atoms with van der Waals surface area (Å²) in [5.74, 6) is 0.150. The molecule has 0 spiro atoms. The molecule has 20 heavy (non-hydrogen) atoms. The van der Waals surface area contributed by atoms with Gasteiger partial charge >= 0.3 is 0 Å². The standard InChI is InChI=1S/C14H18N4O2/c1-4-12(15-3)9(2)14-11-7-10(18(19)20)5-6-13(11)16-8-17-14/h5-9,12,15H,4H2,1-3H3. The summed E-state index contributed by atoms with van der Waals surface area (Å²) >= 11 is 0. The molecule has 6 heteroatoms. The Morgan fingerprint density at radius 1 is 1.40 bits per heavy atom. The van der Waals surface area contributed by atoms with Crippen LogP contribution in [-0.4, -0.2) is 28.0 Å². The molecule has 2 unspecified atom stereocenters. The number of benzene rings is 1. The lowest BCUT2D eigenvalue weighted by Gasteiger charge is -2.22. The molecular formula is C14H18N4O2. The number of aromatic nitrogens is 2. The lowest BCUT2D eigenvalue weighted by molar-refractivity contribution is -0.384. The number of nitrogens with zero attached hydrogens (tertiary/aromatic N) is 3. The van der Waals surface area contributed by atoms with Gasteiger partial charge in [0, 0.05) is 29.5 Å². The highest BCUT2D eigenvalue weighted by atomic mass is 16.6. The molecule has 0 saturated carbocycles. The van der Waals surface area contributed by atoms with Crippen molar-refractivity contribution in [1.82, 2.24) is 15.3 Å². The topological polar surface area (TPSA) is 81.0 Å². The second-order valence-electron chi connectivity index (χ2n) is 4.81. The number of hydrogen-bond acceptors (Lipinski definition) is 5. The molecule has 2 atom stereocenters. The number of non-ortho nitro benzene ring substituents is 1. The first-order valence-electron chi connectivity index (χ1n) is 6.64. The molecule has 6 nitrogen and oxygen atoms in total. The number of nitro benzene ring substituents is 1. The summed E-state index contributed by atoms with van der Waals surface area (Å²) in [5, 5.41) is 14.9. The molecular weight excluding hydrogens is 256 g/mol. The van der Waals surface area contributed by atoms with E-state index in [2.05, 4.69) is 29.1 Å². The predicted octanol–water partition coefficient (Wildman–Crippen LogP) is 2.64. The highest BCUT2D eigenvalue weighted by molar-refractivity contribution is 5.83. The fourth-order valence-electron chi connectivity index (χ4n) is 2.54. The van der Waals surface area contributed by atoms with Gasteiger partial charge < -0.3 is 5.32 Å². The van der Waals surface area contributed by atoms with Crippen LogP contribution in [0.1, 0.15) is 31.9 Å². The van der Waals surface area contributed by atoms with Crippen LogP contribution < -0.4 is 5.32 Å². The molecule has 2 aromatic rings. The Morgan fingerprint density at radius 3 is 2.75 bits per heavy atom. The third-order valence-corrected chi connectivity index (χ3v) is 3.71. The Morgan fingerprint density at radius 2 is 2.15 bits per heavy atom. The van der Waals surface area contributed by atoms with E-state index in [0.29, 0.717) is 0 Å². The summed E-state index contributed by atoms with van der Waals surface area (Å²) in [4.78, 5) is 19.1. The Balaban J connectivity index is 2.57. The zero-order chi connectivity index (χ0) is 14.7. The maximum Gasteiger partial charge on any atom is 0.270 e. The van der Waals surface area contributed by atoms with Gasteiger partial charge in [0.15, 0.2) is 0 Å². The average molecular weight is 274 g/mol. The maximum atomic E-state index is 10.9. The molecule has 0 aliphatic carbocycles. The van der Waals surface area contributed by atoms with E-state index >= 15 is 0 Å². The van der Waals surface area contributed by atoms with Crippen LogP contribution in [0.25, 0.3) is 10.9 Å². The second-order valence-corrected chi connectivity index (χ2v) is 4.81. The minimum atomic E-state index is -0.393. The first-order valence-corrected chi connectivity index (χ1v) is 6.64. The summed E-state index contributed by atoms with van der Waals surface area (Å²) in [6.45, 7) is 4.18. The van der Waals surface area contributed by atoms with Crippen molar-refractivity contribution < 1.29 is 4.92 Å². The van der Waals surface area contributed by atoms with Gasteiger partial charge in [-0.15, -0.1) is 0 Å². The lowest BCUT2D eigenvalue weighted by Crippen LogP contribution is -2.30. The summed E-state index contributed by atoms with van der Waals surface area (Å²) in [5.41, 5.74) is 1.65. The minimum Gasteiger partial charge on any atom is -0.316 e. The Labute approximate surface area is 117 Å². The van der Waals surface area contributed by atoms with E-state index in [-0.39, 0.29) is 17.6 Å². The van der Waals surface area contributed by atoms with Crippen molar-refractivity contribution in [2.75, 3.05) is 7.05 Å². The quantitative estimate of drug-likeness (QED) is 0.669. The molecule has 0 aliphatic rings. The Hall–Kier alpha value is -2.08. The van der Waals surface area contributed by atoms with Gasteiger partial charge in [-0.1, -0.05) is 13.8 Å². The van der Waals surface area contributed by atoms with Crippen LogP contribution in [0.4, 0.5) is 5.69 Å². The molecule has 0 bridgehead atoms. The highest BCUT2D eigenvalue weighted by Crippen LogP contribution is 2.28. The predicted molar refractivity (Wildman–Crippen MR) is 77.7 cm³/mol. The van der Waals surface area contributed by atoms with Gasteiger partial charge in [-0.3, -0.25) is 10.1 Å². The van der Waals surface area contributed by atoms with Crippen LogP contribution in [0.15, 0.2) is 24.5 Å². The highest BCUT2D eigenvalue weighted by Gasteiger charge is 2.20. The van der Waals surface area contributed by atoms with Crippen molar-refractivity contribution in [3.05, 3.63) is 40.3 Å². The van der Waals surface area contributed by atoms with E-state index in [0.717, 1.165) is 23.0 Å². The zero-order valence-corrected chi connectivity index (χ0v) is 11.8. The van der Waals surface area contributed by atoms with Gasteiger partial charge in [0.25, 0.3) is 5.69 Å². The van der Waals surface area contributed by atoms with Gasteiger partial charge in [-0.25, -0.2) is 9.97 Å². The number of rotatable bonds is 5. The minimum absolute atomic E-state index is 0.0678. The zero-order valence-electron chi connectivity index (χ0n) is 11.8. The molecule has 1 aromatic heterocycles. The Bertz CT molecular complexity index is 626. The third kappa shape index (κ3) is 2.60. The number of fused-ring (bicyclic) bond motifs is 1. The average Bonchev–Trinajstić information content (AvgIpc) is 2.47. The number of hydrogen-bond donors (Lipinski definition) is 1. The largest absolute Gasteiger partial charge is 0.316 e. The number of nitrogens with one attached hydrogen (secondary N) is 1. The second kappa shape index (κ2) is 5.92. The van der Waals surface area contributed by atoms with E-state index < -0.39 is 4.92 Å². The first-order chi connectivity index (χ1) is 9.58.